The summed E-state index contributed by atoms with van der Waals surface area (Å²) in [6.07, 6.45) is 0. The molecule has 2 aromatic carbocycles. The Morgan fingerprint density at radius 3 is 2.38 bits per heavy atom. The van der Waals surface area contributed by atoms with E-state index in [4.69, 9.17) is 12.2 Å². The molecule has 0 atom stereocenters. The van der Waals surface area contributed by atoms with Crippen LogP contribution in [0.4, 0.5) is 17.6 Å². The number of halogens is 5. The lowest BCUT2D eigenvalue weighted by Crippen LogP contribution is -2.00. The van der Waals surface area contributed by atoms with Gasteiger partial charge in [-0.25, -0.2) is 17.6 Å². The summed E-state index contributed by atoms with van der Waals surface area (Å²) < 4.78 is 55.6. The summed E-state index contributed by atoms with van der Waals surface area (Å²) in [5.41, 5.74) is -0.334. The van der Waals surface area contributed by atoms with E-state index in [1.54, 1.807) is 0 Å². The number of aromatic amines is 1. The summed E-state index contributed by atoms with van der Waals surface area (Å²) in [6.45, 7) is 0. The molecule has 3 aromatic rings. The van der Waals surface area contributed by atoms with Crippen molar-refractivity contribution in [3.63, 3.8) is 0 Å². The molecule has 0 bridgehead atoms. The Labute approximate surface area is 129 Å². The van der Waals surface area contributed by atoms with Gasteiger partial charge in [-0.1, -0.05) is 0 Å². The van der Waals surface area contributed by atoms with Gasteiger partial charge in [0.1, 0.15) is 23.0 Å². The minimum atomic E-state index is -0.868. The number of fused-ring (bicyclic) bond motifs is 1. The first-order valence-corrected chi connectivity index (χ1v) is 6.83. The molecular weight excluding hydrogens is 372 g/mol. The van der Waals surface area contributed by atoms with Crippen LogP contribution < -0.4 is 0 Å². The Hall–Kier alpha value is -1.67. The largest absolute Gasteiger partial charge is 0.328 e. The van der Waals surface area contributed by atoms with Gasteiger partial charge in [0.25, 0.3) is 0 Å². The Kier molecular flexibility index (Phi) is 3.37. The Bertz CT molecular complexity index is 932. The summed E-state index contributed by atoms with van der Waals surface area (Å²) in [4.78, 5) is 2.52. The molecule has 0 fully saturated rings. The third kappa shape index (κ3) is 2.28. The number of rotatable bonds is 1. The van der Waals surface area contributed by atoms with Crippen molar-refractivity contribution in [2.45, 2.75) is 0 Å². The predicted octanol–water partition coefficient (Wildman–Crippen LogP) is 5.01. The predicted molar refractivity (Wildman–Crippen MR) is 76.0 cm³/mol. The molecule has 0 saturated heterocycles. The molecule has 0 radical (unpaired) electrons. The van der Waals surface area contributed by atoms with E-state index < -0.39 is 23.3 Å². The topological polar surface area (TPSA) is 20.7 Å². The highest BCUT2D eigenvalue weighted by atomic mass is 79.9. The van der Waals surface area contributed by atoms with Crippen LogP contribution in [0.2, 0.25) is 0 Å². The van der Waals surface area contributed by atoms with Crippen molar-refractivity contribution in [3.05, 3.63) is 56.8 Å². The molecule has 108 valence electrons. The molecule has 2 nitrogen and oxygen atoms in total. The van der Waals surface area contributed by atoms with Crippen molar-refractivity contribution < 1.29 is 17.6 Å². The van der Waals surface area contributed by atoms with E-state index in [2.05, 4.69) is 20.9 Å². The average Bonchev–Trinajstić information content (AvgIpc) is 2.71. The third-order valence-electron chi connectivity index (χ3n) is 2.94. The van der Waals surface area contributed by atoms with Gasteiger partial charge >= 0.3 is 0 Å². The lowest BCUT2D eigenvalue weighted by molar-refractivity contribution is 0.586. The monoisotopic (exact) mass is 376 g/mol. The lowest BCUT2D eigenvalue weighted by atomic mass is 10.2. The van der Waals surface area contributed by atoms with E-state index >= 15 is 0 Å². The summed E-state index contributed by atoms with van der Waals surface area (Å²) >= 11 is 7.85. The van der Waals surface area contributed by atoms with Crippen molar-refractivity contribution in [2.24, 2.45) is 0 Å². The minimum absolute atomic E-state index is 0.0156. The molecule has 0 saturated carbocycles. The van der Waals surface area contributed by atoms with Crippen molar-refractivity contribution in [1.82, 2.24) is 9.55 Å². The standard InChI is InChI=1S/C13H5BrF4N2S/c14-6-3-8(17)10(4-7(6)16)20-11-2-5(15)1-9(18)12(11)19-13(20)21/h1-4H,(H,19,21). The number of aromatic nitrogens is 2. The smallest absolute Gasteiger partial charge is 0.182 e. The first kappa shape index (κ1) is 14.3. The minimum Gasteiger partial charge on any atom is -0.328 e. The Morgan fingerprint density at radius 1 is 0.952 bits per heavy atom. The van der Waals surface area contributed by atoms with Crippen LogP contribution in [0.1, 0.15) is 0 Å². The van der Waals surface area contributed by atoms with Crippen LogP contribution in [0.5, 0.6) is 0 Å². The van der Waals surface area contributed by atoms with Crippen LogP contribution in [0, 0.1) is 28.0 Å². The van der Waals surface area contributed by atoms with E-state index in [0.29, 0.717) is 6.07 Å². The zero-order chi connectivity index (χ0) is 15.3. The molecule has 0 aliphatic carbocycles. The summed E-state index contributed by atoms with van der Waals surface area (Å²) in [5, 5.41) is 0. The zero-order valence-electron chi connectivity index (χ0n) is 10.1. The van der Waals surface area contributed by atoms with E-state index in [9.17, 15) is 17.6 Å². The first-order valence-electron chi connectivity index (χ1n) is 5.63. The lowest BCUT2D eigenvalue weighted by Gasteiger charge is -2.07. The highest BCUT2D eigenvalue weighted by Crippen LogP contribution is 2.27. The van der Waals surface area contributed by atoms with Crippen LogP contribution in [0.25, 0.3) is 16.7 Å². The molecule has 0 unspecified atom stereocenters. The van der Waals surface area contributed by atoms with Crippen LogP contribution >= 0.6 is 28.1 Å². The maximum absolute atomic E-state index is 14.0. The van der Waals surface area contributed by atoms with Crippen molar-refractivity contribution in [3.8, 4) is 5.69 Å². The van der Waals surface area contributed by atoms with Crippen LogP contribution in [-0.2, 0) is 0 Å². The second kappa shape index (κ2) is 4.96. The Morgan fingerprint density at radius 2 is 1.67 bits per heavy atom. The van der Waals surface area contributed by atoms with Gasteiger partial charge in [-0.15, -0.1) is 0 Å². The van der Waals surface area contributed by atoms with E-state index in [0.717, 1.165) is 22.8 Å². The van der Waals surface area contributed by atoms with Crippen LogP contribution in [-0.4, -0.2) is 9.55 Å². The van der Waals surface area contributed by atoms with Crippen molar-refractivity contribution in [2.75, 3.05) is 0 Å². The van der Waals surface area contributed by atoms with Gasteiger partial charge in [-0.05, 0) is 34.2 Å². The van der Waals surface area contributed by atoms with E-state index in [1.165, 1.54) is 0 Å². The van der Waals surface area contributed by atoms with Gasteiger partial charge in [0.15, 0.2) is 10.6 Å². The number of nitrogens with zero attached hydrogens (tertiary/aromatic N) is 1. The fourth-order valence-corrected chi connectivity index (χ4v) is 2.67. The number of nitrogens with one attached hydrogen (secondary N) is 1. The normalized spacial score (nSPS) is 11.3. The SMILES string of the molecule is Fc1cc(F)c2[nH]c(=S)n(-c3cc(F)c(Br)cc3F)c2c1. The maximum atomic E-state index is 14.0. The van der Waals surface area contributed by atoms with E-state index in [1.807, 2.05) is 0 Å². The van der Waals surface area contributed by atoms with Crippen LogP contribution in [0.15, 0.2) is 28.7 Å². The maximum Gasteiger partial charge on any atom is 0.182 e. The number of H-pyrrole nitrogens is 1. The number of imidazole rings is 1. The van der Waals surface area contributed by atoms with Crippen molar-refractivity contribution >= 4 is 39.2 Å². The molecule has 21 heavy (non-hydrogen) atoms. The molecule has 8 heteroatoms. The fourth-order valence-electron chi connectivity index (χ4n) is 2.05. The van der Waals surface area contributed by atoms with Crippen LogP contribution in [0.3, 0.4) is 0 Å². The van der Waals surface area contributed by atoms with Gasteiger partial charge in [0.2, 0.25) is 0 Å². The molecule has 0 aliphatic heterocycles. The summed E-state index contributed by atoms with van der Waals surface area (Å²) in [7, 11) is 0. The van der Waals surface area contributed by atoms with Gasteiger partial charge < -0.3 is 4.98 Å². The number of benzene rings is 2. The van der Waals surface area contributed by atoms with Gasteiger partial charge in [-0.2, -0.15) is 0 Å². The van der Waals surface area contributed by atoms with Gasteiger partial charge in [-0.3, -0.25) is 4.57 Å². The number of hydrogen-bond acceptors (Lipinski definition) is 1. The molecule has 0 aliphatic rings. The Balaban J connectivity index is 2.43. The molecule has 0 spiro atoms. The quantitative estimate of drug-likeness (QED) is 0.359. The molecule has 1 N–H and O–H groups in total. The number of hydrogen-bond donors (Lipinski definition) is 1. The van der Waals surface area contributed by atoms with Crippen molar-refractivity contribution in [1.29, 1.82) is 0 Å². The highest BCUT2D eigenvalue weighted by Gasteiger charge is 2.16. The summed E-state index contributed by atoms with van der Waals surface area (Å²) in [6, 6.07) is 3.48. The van der Waals surface area contributed by atoms with Gasteiger partial charge in [0, 0.05) is 18.2 Å². The molecule has 1 heterocycles. The second-order valence-corrected chi connectivity index (χ2v) is 5.51. The highest BCUT2D eigenvalue weighted by molar-refractivity contribution is 9.10. The fraction of sp³-hybridized carbons (Fsp3) is 0. The van der Waals surface area contributed by atoms with E-state index in [-0.39, 0.29) is 26.0 Å². The molecular formula is C13H5BrF4N2S. The second-order valence-electron chi connectivity index (χ2n) is 4.27. The third-order valence-corrected chi connectivity index (χ3v) is 3.83. The first-order chi connectivity index (χ1) is 9.88. The molecule has 0 amide bonds. The average molecular weight is 377 g/mol. The molecule has 1 aromatic heterocycles. The molecule has 3 rings (SSSR count). The zero-order valence-corrected chi connectivity index (χ0v) is 12.5. The van der Waals surface area contributed by atoms with Gasteiger partial charge in [0.05, 0.1) is 15.7 Å². The summed E-state index contributed by atoms with van der Waals surface area (Å²) in [5.74, 6) is -3.22.